The van der Waals surface area contributed by atoms with Gasteiger partial charge >= 0.3 is 0 Å². The summed E-state index contributed by atoms with van der Waals surface area (Å²) in [6.45, 7) is 6.02. The fraction of sp³-hybridized carbons (Fsp3) is 0.214. The lowest BCUT2D eigenvalue weighted by molar-refractivity contribution is 0.112. The third kappa shape index (κ3) is 2.66. The summed E-state index contributed by atoms with van der Waals surface area (Å²) in [5.74, 6) is 0. The number of allylic oxidation sites excluding steroid dienone is 4. The first kappa shape index (κ1) is 11.4. The topological polar surface area (TPSA) is 17.1 Å². The molecule has 0 radical (unpaired) electrons. The first-order valence-corrected chi connectivity index (χ1v) is 5.05. The Morgan fingerprint density at radius 3 is 2.67 bits per heavy atom. The third-order valence-corrected chi connectivity index (χ3v) is 2.37. The standard InChI is InChI=1S/C14H16O/c1-4-5-7-11(2)14-12(3)8-6-9-13(14)10-15/h4-10H,1-3H3/b5-4-,11-7-. The van der Waals surface area contributed by atoms with Gasteiger partial charge in [0.25, 0.3) is 0 Å². The molecule has 0 aliphatic rings. The summed E-state index contributed by atoms with van der Waals surface area (Å²) in [6.07, 6.45) is 6.89. The van der Waals surface area contributed by atoms with Gasteiger partial charge in [-0.05, 0) is 37.5 Å². The Morgan fingerprint density at radius 1 is 1.33 bits per heavy atom. The minimum atomic E-state index is 0.758. The zero-order valence-electron chi connectivity index (χ0n) is 9.45. The molecule has 0 saturated heterocycles. The van der Waals surface area contributed by atoms with Crippen molar-refractivity contribution in [1.29, 1.82) is 0 Å². The van der Waals surface area contributed by atoms with Crippen molar-refractivity contribution in [3.8, 4) is 0 Å². The minimum Gasteiger partial charge on any atom is -0.298 e. The van der Waals surface area contributed by atoms with Gasteiger partial charge in [0.2, 0.25) is 0 Å². The van der Waals surface area contributed by atoms with E-state index in [4.69, 9.17) is 0 Å². The van der Waals surface area contributed by atoms with E-state index in [1.54, 1.807) is 0 Å². The predicted octanol–water partition coefficient (Wildman–Crippen LogP) is 3.79. The Hall–Kier alpha value is -1.63. The molecule has 0 bridgehead atoms. The van der Waals surface area contributed by atoms with E-state index in [0.717, 1.165) is 28.5 Å². The van der Waals surface area contributed by atoms with E-state index in [-0.39, 0.29) is 0 Å². The smallest absolute Gasteiger partial charge is 0.150 e. The highest BCUT2D eigenvalue weighted by molar-refractivity contribution is 5.86. The van der Waals surface area contributed by atoms with Crippen LogP contribution in [0.2, 0.25) is 0 Å². The van der Waals surface area contributed by atoms with Crippen LogP contribution < -0.4 is 0 Å². The third-order valence-electron chi connectivity index (χ3n) is 2.37. The monoisotopic (exact) mass is 200 g/mol. The highest BCUT2D eigenvalue weighted by Crippen LogP contribution is 2.21. The Balaban J connectivity index is 3.28. The van der Waals surface area contributed by atoms with Crippen molar-refractivity contribution in [1.82, 2.24) is 0 Å². The number of carbonyl (C=O) groups excluding carboxylic acids is 1. The highest BCUT2D eigenvalue weighted by Gasteiger charge is 2.05. The lowest BCUT2D eigenvalue weighted by atomic mass is 9.96. The number of benzene rings is 1. The molecule has 0 spiro atoms. The summed E-state index contributed by atoms with van der Waals surface area (Å²) in [5.41, 5.74) is 4.06. The molecule has 1 aromatic carbocycles. The predicted molar refractivity (Wildman–Crippen MR) is 65.0 cm³/mol. The van der Waals surface area contributed by atoms with Crippen LogP contribution in [0.15, 0.2) is 36.4 Å². The van der Waals surface area contributed by atoms with Crippen LogP contribution in [-0.4, -0.2) is 6.29 Å². The van der Waals surface area contributed by atoms with Gasteiger partial charge < -0.3 is 0 Å². The zero-order chi connectivity index (χ0) is 11.3. The van der Waals surface area contributed by atoms with Crippen LogP contribution in [0, 0.1) is 6.92 Å². The Labute approximate surface area is 91.1 Å². The van der Waals surface area contributed by atoms with Crippen molar-refractivity contribution >= 4 is 11.9 Å². The van der Waals surface area contributed by atoms with Crippen LogP contribution in [-0.2, 0) is 0 Å². The van der Waals surface area contributed by atoms with E-state index in [2.05, 4.69) is 0 Å². The van der Waals surface area contributed by atoms with Crippen LogP contribution in [0.25, 0.3) is 5.57 Å². The van der Waals surface area contributed by atoms with E-state index in [0.29, 0.717) is 0 Å². The van der Waals surface area contributed by atoms with Gasteiger partial charge in [0.1, 0.15) is 0 Å². The molecule has 0 saturated carbocycles. The average Bonchev–Trinajstić information content (AvgIpc) is 2.25. The molecular formula is C14H16O. The zero-order valence-corrected chi connectivity index (χ0v) is 9.45. The molecule has 1 rings (SSSR count). The second-order valence-corrected chi connectivity index (χ2v) is 3.53. The minimum absolute atomic E-state index is 0.758. The van der Waals surface area contributed by atoms with Gasteiger partial charge in [0.15, 0.2) is 6.29 Å². The molecule has 1 heteroatoms. The molecule has 0 aromatic heterocycles. The number of hydrogen-bond donors (Lipinski definition) is 0. The molecule has 0 atom stereocenters. The number of hydrogen-bond acceptors (Lipinski definition) is 1. The number of aldehydes is 1. The van der Waals surface area contributed by atoms with Crippen molar-refractivity contribution in [3.05, 3.63) is 53.1 Å². The van der Waals surface area contributed by atoms with Crippen molar-refractivity contribution in [2.75, 3.05) is 0 Å². The summed E-state index contributed by atoms with van der Waals surface area (Å²) < 4.78 is 0. The molecule has 78 valence electrons. The van der Waals surface area contributed by atoms with Gasteiger partial charge in [-0.25, -0.2) is 0 Å². The number of aryl methyl sites for hydroxylation is 1. The van der Waals surface area contributed by atoms with E-state index in [1.165, 1.54) is 0 Å². The maximum Gasteiger partial charge on any atom is 0.150 e. The number of rotatable bonds is 3. The lowest BCUT2D eigenvalue weighted by Crippen LogP contribution is -1.93. The largest absolute Gasteiger partial charge is 0.298 e. The van der Waals surface area contributed by atoms with Gasteiger partial charge in [-0.1, -0.05) is 36.4 Å². The van der Waals surface area contributed by atoms with E-state index < -0.39 is 0 Å². The van der Waals surface area contributed by atoms with E-state index >= 15 is 0 Å². The van der Waals surface area contributed by atoms with Crippen molar-refractivity contribution < 1.29 is 4.79 Å². The second kappa shape index (κ2) is 5.30. The molecule has 0 aliphatic carbocycles. The molecular weight excluding hydrogens is 184 g/mol. The van der Waals surface area contributed by atoms with Gasteiger partial charge in [-0.2, -0.15) is 0 Å². The molecule has 1 nitrogen and oxygen atoms in total. The van der Waals surface area contributed by atoms with Crippen LogP contribution in [0.4, 0.5) is 0 Å². The average molecular weight is 200 g/mol. The summed E-state index contributed by atoms with van der Waals surface area (Å²) in [7, 11) is 0. The molecule has 1 aromatic rings. The highest BCUT2D eigenvalue weighted by atomic mass is 16.1. The summed E-state index contributed by atoms with van der Waals surface area (Å²) >= 11 is 0. The summed E-state index contributed by atoms with van der Waals surface area (Å²) in [5, 5.41) is 0. The van der Waals surface area contributed by atoms with Gasteiger partial charge in [0, 0.05) is 5.56 Å². The molecule has 0 amide bonds. The maximum absolute atomic E-state index is 10.9. The summed E-state index contributed by atoms with van der Waals surface area (Å²) in [6, 6.07) is 5.78. The van der Waals surface area contributed by atoms with E-state index in [9.17, 15) is 4.79 Å². The van der Waals surface area contributed by atoms with Crippen LogP contribution in [0.3, 0.4) is 0 Å². The normalized spacial score (nSPS) is 12.1. The maximum atomic E-state index is 10.9. The van der Waals surface area contributed by atoms with Gasteiger partial charge in [0.05, 0.1) is 0 Å². The lowest BCUT2D eigenvalue weighted by Gasteiger charge is -2.08. The first-order valence-electron chi connectivity index (χ1n) is 5.05. The van der Waals surface area contributed by atoms with Crippen LogP contribution >= 0.6 is 0 Å². The molecule has 15 heavy (non-hydrogen) atoms. The fourth-order valence-corrected chi connectivity index (χ4v) is 1.65. The summed E-state index contributed by atoms with van der Waals surface area (Å²) in [4.78, 5) is 10.9. The van der Waals surface area contributed by atoms with Gasteiger partial charge in [-0.15, -0.1) is 0 Å². The molecule has 0 heterocycles. The Morgan fingerprint density at radius 2 is 2.07 bits per heavy atom. The molecule has 0 unspecified atom stereocenters. The molecule has 0 aliphatic heterocycles. The molecule has 0 N–H and O–H groups in total. The fourth-order valence-electron chi connectivity index (χ4n) is 1.65. The van der Waals surface area contributed by atoms with Crippen LogP contribution in [0.5, 0.6) is 0 Å². The Bertz CT molecular complexity index is 411. The van der Waals surface area contributed by atoms with Crippen molar-refractivity contribution in [2.45, 2.75) is 20.8 Å². The quantitative estimate of drug-likeness (QED) is 0.536. The SMILES string of the molecule is C/C=C\C=C(\C)c1c(C)cccc1C=O. The van der Waals surface area contributed by atoms with Crippen molar-refractivity contribution in [2.24, 2.45) is 0 Å². The Kier molecular flexibility index (Phi) is 4.04. The van der Waals surface area contributed by atoms with Crippen molar-refractivity contribution in [3.63, 3.8) is 0 Å². The second-order valence-electron chi connectivity index (χ2n) is 3.53. The van der Waals surface area contributed by atoms with Crippen LogP contribution in [0.1, 0.15) is 35.3 Å². The van der Waals surface area contributed by atoms with Gasteiger partial charge in [-0.3, -0.25) is 4.79 Å². The number of carbonyl (C=O) groups is 1. The first-order chi connectivity index (χ1) is 7.20. The van der Waals surface area contributed by atoms with E-state index in [1.807, 2.05) is 57.2 Å². The molecule has 0 fully saturated rings.